The van der Waals surface area contributed by atoms with E-state index in [1.165, 1.54) is 6.33 Å². The number of allylic oxidation sites excluding steroid dienone is 1. The molecule has 6 rings (SSSR count). The molecule has 1 unspecified atom stereocenters. The average Bonchev–Trinajstić information content (AvgIpc) is 3.74. The van der Waals surface area contributed by atoms with Crippen LogP contribution in [0.3, 0.4) is 0 Å². The first-order chi connectivity index (χ1) is 20.4. The molecule has 214 valence electrons. The van der Waals surface area contributed by atoms with Crippen LogP contribution < -0.4 is 15.2 Å². The minimum atomic E-state index is -0.234. The van der Waals surface area contributed by atoms with E-state index in [0.29, 0.717) is 68.8 Å². The van der Waals surface area contributed by atoms with E-state index < -0.39 is 0 Å². The summed E-state index contributed by atoms with van der Waals surface area (Å²) in [5.41, 5.74) is 8.45. The number of hydrogen-bond acceptors (Lipinski definition) is 8. The van der Waals surface area contributed by atoms with Gasteiger partial charge in [0.05, 0.1) is 28.6 Å². The molecular weight excluding hydrogens is 577 g/mol. The van der Waals surface area contributed by atoms with Gasteiger partial charge in [0.15, 0.2) is 17.1 Å². The molecule has 12 heteroatoms. The maximum atomic E-state index is 13.2. The molecule has 1 aliphatic heterocycles. The third-order valence-electron chi connectivity index (χ3n) is 7.48. The van der Waals surface area contributed by atoms with E-state index in [4.69, 9.17) is 43.5 Å². The van der Waals surface area contributed by atoms with Crippen LogP contribution in [0.5, 0.6) is 17.2 Å². The van der Waals surface area contributed by atoms with Crippen molar-refractivity contribution in [3.05, 3.63) is 64.4 Å². The number of carbonyl (C=O) groups is 1. The Morgan fingerprint density at radius 3 is 2.69 bits per heavy atom. The quantitative estimate of drug-likeness (QED) is 0.195. The normalized spacial score (nSPS) is 17.2. The average molecular weight is 604 g/mol. The van der Waals surface area contributed by atoms with Gasteiger partial charge in [0.1, 0.15) is 35.2 Å². The summed E-state index contributed by atoms with van der Waals surface area (Å²) in [6.45, 7) is 0.988. The highest BCUT2D eigenvalue weighted by Gasteiger charge is 2.31. The summed E-state index contributed by atoms with van der Waals surface area (Å²) >= 11 is 12.2. The molecule has 3 heterocycles. The van der Waals surface area contributed by atoms with E-state index >= 15 is 0 Å². The number of piperidine rings is 1. The highest BCUT2D eigenvalue weighted by atomic mass is 35.5. The first-order valence-electron chi connectivity index (χ1n) is 13.6. The third kappa shape index (κ3) is 5.45. The van der Waals surface area contributed by atoms with Crippen LogP contribution in [-0.2, 0) is 4.79 Å². The lowest BCUT2D eigenvalue weighted by molar-refractivity contribution is -0.128. The summed E-state index contributed by atoms with van der Waals surface area (Å²) in [7, 11) is 1.55. The number of halogens is 2. The van der Waals surface area contributed by atoms with Gasteiger partial charge in [0, 0.05) is 24.7 Å². The molecule has 42 heavy (non-hydrogen) atoms. The number of nitriles is 1. The van der Waals surface area contributed by atoms with Crippen LogP contribution in [0.15, 0.2) is 54.4 Å². The van der Waals surface area contributed by atoms with Crippen molar-refractivity contribution in [2.24, 2.45) is 5.92 Å². The number of rotatable bonds is 7. The van der Waals surface area contributed by atoms with Gasteiger partial charge in [-0.2, -0.15) is 10.4 Å². The van der Waals surface area contributed by atoms with Crippen LogP contribution >= 0.6 is 23.2 Å². The summed E-state index contributed by atoms with van der Waals surface area (Å²) < 4.78 is 13.5. The third-order valence-corrected chi connectivity index (χ3v) is 8.22. The first kappa shape index (κ1) is 27.8. The fourth-order valence-corrected chi connectivity index (χ4v) is 5.47. The molecule has 4 aromatic rings. The summed E-state index contributed by atoms with van der Waals surface area (Å²) in [4.78, 5) is 23.7. The number of methoxy groups -OCH3 is 1. The lowest BCUT2D eigenvalue weighted by Gasteiger charge is -2.32. The van der Waals surface area contributed by atoms with Gasteiger partial charge in [0.25, 0.3) is 5.91 Å². The van der Waals surface area contributed by atoms with E-state index in [0.717, 1.165) is 31.2 Å². The zero-order chi connectivity index (χ0) is 29.4. The van der Waals surface area contributed by atoms with E-state index in [-0.39, 0.29) is 17.5 Å². The Morgan fingerprint density at radius 1 is 1.12 bits per heavy atom. The summed E-state index contributed by atoms with van der Waals surface area (Å²) in [5.74, 6) is 1.84. The standard InChI is InChI=1S/C30H27Cl2N7O3/c1-41-25-12-18(6-9-24(25)42-21-7-8-22(31)23(32)13-21)27-26-28(34)35-16-36-29(26)39(37-27)20-3-2-10-38(15-20)30(40)19(14-33)11-17-4-5-17/h6-9,11-13,16-17,20H,2-5,10,15H2,1H3,(H2,34,35,36)/b19-11+. The van der Waals surface area contributed by atoms with Crippen LogP contribution in [0.1, 0.15) is 31.7 Å². The number of ether oxygens (including phenoxy) is 2. The second-order valence-electron chi connectivity index (χ2n) is 10.4. The molecule has 1 amide bonds. The SMILES string of the molecule is COc1cc(-c2nn(C3CCCN(C(=O)/C(C#N)=C/C4CC4)C3)c3ncnc(N)c23)ccc1Oc1ccc(Cl)c(Cl)c1. The van der Waals surface area contributed by atoms with Crippen molar-refractivity contribution in [2.45, 2.75) is 31.7 Å². The zero-order valence-electron chi connectivity index (χ0n) is 22.8. The predicted molar refractivity (Wildman–Crippen MR) is 160 cm³/mol. The molecule has 1 saturated carbocycles. The first-order valence-corrected chi connectivity index (χ1v) is 14.3. The van der Waals surface area contributed by atoms with Gasteiger partial charge < -0.3 is 20.1 Å². The Morgan fingerprint density at radius 2 is 1.95 bits per heavy atom. The van der Waals surface area contributed by atoms with Crippen molar-refractivity contribution in [2.75, 3.05) is 25.9 Å². The van der Waals surface area contributed by atoms with Crippen molar-refractivity contribution in [3.8, 4) is 34.6 Å². The molecule has 1 aliphatic carbocycles. The summed E-state index contributed by atoms with van der Waals surface area (Å²) in [5, 5.41) is 16.0. The van der Waals surface area contributed by atoms with Gasteiger partial charge in [-0.25, -0.2) is 14.6 Å². The number of nitrogen functional groups attached to an aromatic ring is 1. The zero-order valence-corrected chi connectivity index (χ0v) is 24.3. The van der Waals surface area contributed by atoms with Crippen LogP contribution in [0, 0.1) is 17.2 Å². The smallest absolute Gasteiger partial charge is 0.264 e. The number of anilines is 1. The van der Waals surface area contributed by atoms with Gasteiger partial charge in [0.2, 0.25) is 0 Å². The van der Waals surface area contributed by atoms with Crippen molar-refractivity contribution in [3.63, 3.8) is 0 Å². The maximum absolute atomic E-state index is 13.2. The molecule has 1 saturated heterocycles. The number of amides is 1. The Bertz CT molecular complexity index is 1760. The van der Waals surface area contributed by atoms with Gasteiger partial charge in [-0.15, -0.1) is 0 Å². The molecule has 1 atom stereocenters. The van der Waals surface area contributed by atoms with E-state index in [1.54, 1.807) is 36.3 Å². The van der Waals surface area contributed by atoms with Crippen LogP contribution in [-0.4, -0.2) is 50.8 Å². The van der Waals surface area contributed by atoms with Crippen LogP contribution in [0.25, 0.3) is 22.3 Å². The second kappa shape index (κ2) is 11.5. The van der Waals surface area contributed by atoms with Crippen LogP contribution in [0.4, 0.5) is 5.82 Å². The van der Waals surface area contributed by atoms with E-state index in [9.17, 15) is 10.1 Å². The van der Waals surface area contributed by atoms with Gasteiger partial charge in [-0.3, -0.25) is 4.79 Å². The van der Waals surface area contributed by atoms with Gasteiger partial charge in [-0.1, -0.05) is 29.3 Å². The minimum Gasteiger partial charge on any atom is -0.493 e. The molecular formula is C30H27Cl2N7O3. The van der Waals surface area contributed by atoms with E-state index in [1.807, 2.05) is 22.9 Å². The lowest BCUT2D eigenvalue weighted by Crippen LogP contribution is -2.41. The molecule has 2 aliphatic rings. The van der Waals surface area contributed by atoms with E-state index in [2.05, 4.69) is 16.0 Å². The Balaban J connectivity index is 1.33. The van der Waals surface area contributed by atoms with Crippen molar-refractivity contribution in [1.29, 1.82) is 5.26 Å². The number of nitrogens with zero attached hydrogens (tertiary/aromatic N) is 6. The number of aromatic nitrogens is 4. The highest BCUT2D eigenvalue weighted by molar-refractivity contribution is 6.42. The molecule has 0 spiro atoms. The van der Waals surface area contributed by atoms with Crippen molar-refractivity contribution < 1.29 is 14.3 Å². The minimum absolute atomic E-state index is 0.159. The fourth-order valence-electron chi connectivity index (χ4n) is 5.18. The molecule has 10 nitrogen and oxygen atoms in total. The Hall–Kier alpha value is -4.33. The van der Waals surface area contributed by atoms with Crippen LogP contribution in [0.2, 0.25) is 10.0 Å². The topological polar surface area (TPSA) is 132 Å². The lowest BCUT2D eigenvalue weighted by atomic mass is 10.0. The maximum Gasteiger partial charge on any atom is 0.264 e. The number of fused-ring (bicyclic) bond motifs is 1. The van der Waals surface area contributed by atoms with Crippen molar-refractivity contribution in [1.82, 2.24) is 24.6 Å². The molecule has 2 aromatic heterocycles. The highest BCUT2D eigenvalue weighted by Crippen LogP contribution is 2.40. The molecule has 2 N–H and O–H groups in total. The summed E-state index contributed by atoms with van der Waals surface area (Å²) in [6.07, 6.45) is 6.83. The van der Waals surface area contributed by atoms with Gasteiger partial charge >= 0.3 is 0 Å². The van der Waals surface area contributed by atoms with Crippen molar-refractivity contribution >= 4 is 46.0 Å². The largest absolute Gasteiger partial charge is 0.493 e. The number of hydrogen-bond donors (Lipinski definition) is 1. The van der Waals surface area contributed by atoms with Gasteiger partial charge in [-0.05, 0) is 61.9 Å². The monoisotopic (exact) mass is 603 g/mol. The Kier molecular flexibility index (Phi) is 7.62. The number of nitrogens with two attached hydrogens (primary N) is 1. The molecule has 0 bridgehead atoms. The summed E-state index contributed by atoms with van der Waals surface area (Å²) in [6, 6.07) is 12.4. The number of carbonyl (C=O) groups excluding carboxylic acids is 1. The molecule has 2 fully saturated rings. The Labute approximate surface area is 252 Å². The number of benzene rings is 2. The molecule has 2 aromatic carbocycles. The molecule has 0 radical (unpaired) electrons. The number of likely N-dealkylation sites (tertiary alicyclic amines) is 1. The fraction of sp³-hybridized carbons (Fsp3) is 0.300. The second-order valence-corrected chi connectivity index (χ2v) is 11.2. The predicted octanol–water partition coefficient (Wildman–Crippen LogP) is 6.21.